The molecule has 96 valence electrons. The number of aliphatic hydroxyl groups is 1. The molecule has 0 saturated heterocycles. The molecule has 1 saturated carbocycles. The van der Waals surface area contributed by atoms with Crippen molar-refractivity contribution in [2.45, 2.75) is 39.0 Å². The summed E-state index contributed by atoms with van der Waals surface area (Å²) in [5.41, 5.74) is 2.49. The van der Waals surface area contributed by atoms with Crippen molar-refractivity contribution in [1.82, 2.24) is 10.3 Å². The van der Waals surface area contributed by atoms with Crippen molar-refractivity contribution in [3.05, 3.63) is 36.0 Å². The minimum atomic E-state index is -0.170. The lowest BCUT2D eigenvalue weighted by molar-refractivity contribution is -0.0729. The van der Waals surface area contributed by atoms with Gasteiger partial charge in [0.05, 0.1) is 6.10 Å². The van der Waals surface area contributed by atoms with Gasteiger partial charge in [-0.3, -0.25) is 0 Å². The summed E-state index contributed by atoms with van der Waals surface area (Å²) in [5.74, 6) is 0. The van der Waals surface area contributed by atoms with E-state index in [4.69, 9.17) is 0 Å². The molecular weight excluding hydrogens is 224 g/mol. The van der Waals surface area contributed by atoms with E-state index in [1.165, 1.54) is 16.5 Å². The highest BCUT2D eigenvalue weighted by Gasteiger charge is 2.46. The molecule has 0 bridgehead atoms. The number of aliphatic hydroxyl groups excluding tert-OH is 1. The van der Waals surface area contributed by atoms with Crippen molar-refractivity contribution >= 4 is 10.9 Å². The quantitative estimate of drug-likeness (QED) is 0.776. The summed E-state index contributed by atoms with van der Waals surface area (Å²) in [5, 5.41) is 14.5. The number of aromatic nitrogens is 1. The maximum Gasteiger partial charge on any atom is 0.0621 e. The molecule has 1 aromatic heterocycles. The molecule has 0 amide bonds. The summed E-state index contributed by atoms with van der Waals surface area (Å²) in [6, 6.07) is 8.85. The van der Waals surface area contributed by atoms with Crippen LogP contribution >= 0.6 is 0 Å². The summed E-state index contributed by atoms with van der Waals surface area (Å²) in [7, 11) is 0. The highest BCUT2D eigenvalue weighted by atomic mass is 16.3. The van der Waals surface area contributed by atoms with Crippen LogP contribution in [0.15, 0.2) is 30.5 Å². The first-order valence-corrected chi connectivity index (χ1v) is 6.55. The lowest BCUT2D eigenvalue weighted by atomic mass is 9.64. The predicted octanol–water partition coefficient (Wildman–Crippen LogP) is 2.42. The zero-order valence-electron chi connectivity index (χ0n) is 10.9. The summed E-state index contributed by atoms with van der Waals surface area (Å²) in [6.07, 6.45) is 2.66. The molecule has 3 rings (SSSR count). The number of hydrogen-bond acceptors (Lipinski definition) is 2. The average molecular weight is 244 g/mol. The van der Waals surface area contributed by atoms with Crippen LogP contribution in [0, 0.1) is 5.41 Å². The zero-order chi connectivity index (χ0) is 12.8. The normalized spacial score (nSPS) is 26.2. The smallest absolute Gasteiger partial charge is 0.0621 e. The van der Waals surface area contributed by atoms with E-state index in [0.29, 0.717) is 6.04 Å². The molecule has 1 aliphatic carbocycles. The van der Waals surface area contributed by atoms with E-state index >= 15 is 0 Å². The van der Waals surface area contributed by atoms with Gasteiger partial charge in [-0.2, -0.15) is 0 Å². The van der Waals surface area contributed by atoms with Crippen LogP contribution in [0.25, 0.3) is 10.9 Å². The Balaban J connectivity index is 1.73. The molecule has 0 spiro atoms. The molecule has 2 atom stereocenters. The molecule has 1 heterocycles. The summed E-state index contributed by atoms with van der Waals surface area (Å²) >= 11 is 0. The molecule has 18 heavy (non-hydrogen) atoms. The molecule has 3 nitrogen and oxygen atoms in total. The fraction of sp³-hybridized carbons (Fsp3) is 0.467. The van der Waals surface area contributed by atoms with Gasteiger partial charge in [0.25, 0.3) is 0 Å². The number of aromatic amines is 1. The second-order valence-corrected chi connectivity index (χ2v) is 5.87. The molecule has 0 radical (unpaired) electrons. The first-order chi connectivity index (χ1) is 8.59. The van der Waals surface area contributed by atoms with Gasteiger partial charge in [-0.05, 0) is 23.4 Å². The van der Waals surface area contributed by atoms with Crippen LogP contribution in [-0.2, 0) is 6.54 Å². The van der Waals surface area contributed by atoms with Gasteiger partial charge in [0, 0.05) is 29.7 Å². The number of hydrogen-bond donors (Lipinski definition) is 3. The Morgan fingerprint density at radius 2 is 2.22 bits per heavy atom. The van der Waals surface area contributed by atoms with E-state index in [9.17, 15) is 5.11 Å². The number of H-pyrrole nitrogens is 1. The Hall–Kier alpha value is -1.32. The molecule has 1 aliphatic rings. The van der Waals surface area contributed by atoms with Gasteiger partial charge in [-0.15, -0.1) is 0 Å². The number of rotatable bonds is 3. The van der Waals surface area contributed by atoms with Gasteiger partial charge < -0.3 is 15.4 Å². The van der Waals surface area contributed by atoms with Crippen LogP contribution < -0.4 is 5.32 Å². The SMILES string of the molecule is CC1(C)C(O)CC1NCc1cccc2cc[nH]c12. The van der Waals surface area contributed by atoms with Crippen molar-refractivity contribution < 1.29 is 5.11 Å². The van der Waals surface area contributed by atoms with Crippen molar-refractivity contribution in [1.29, 1.82) is 0 Å². The van der Waals surface area contributed by atoms with E-state index in [-0.39, 0.29) is 11.5 Å². The second kappa shape index (κ2) is 4.11. The van der Waals surface area contributed by atoms with Crippen LogP contribution in [-0.4, -0.2) is 22.2 Å². The maximum atomic E-state index is 9.74. The molecular formula is C15H20N2O. The largest absolute Gasteiger partial charge is 0.392 e. The molecule has 3 heteroatoms. The van der Waals surface area contributed by atoms with Crippen molar-refractivity contribution in [2.24, 2.45) is 5.41 Å². The minimum absolute atomic E-state index is 0.0103. The fourth-order valence-corrected chi connectivity index (χ4v) is 2.78. The number of para-hydroxylation sites is 1. The highest BCUT2D eigenvalue weighted by molar-refractivity contribution is 5.82. The van der Waals surface area contributed by atoms with Crippen LogP contribution in [0.5, 0.6) is 0 Å². The van der Waals surface area contributed by atoms with Crippen LogP contribution in [0.4, 0.5) is 0 Å². The molecule has 3 N–H and O–H groups in total. The molecule has 0 aliphatic heterocycles. The third kappa shape index (κ3) is 1.74. The highest BCUT2D eigenvalue weighted by Crippen LogP contribution is 2.40. The monoisotopic (exact) mass is 244 g/mol. The Kier molecular flexibility index (Phi) is 2.68. The van der Waals surface area contributed by atoms with Gasteiger partial charge in [0.1, 0.15) is 0 Å². The lowest BCUT2D eigenvalue weighted by Gasteiger charge is -2.49. The van der Waals surface area contributed by atoms with Gasteiger partial charge in [-0.1, -0.05) is 32.0 Å². The Morgan fingerprint density at radius 3 is 2.94 bits per heavy atom. The first-order valence-electron chi connectivity index (χ1n) is 6.55. The van der Waals surface area contributed by atoms with Gasteiger partial charge in [0.2, 0.25) is 0 Å². The van der Waals surface area contributed by atoms with Crippen LogP contribution in [0.3, 0.4) is 0 Å². The standard InChI is InChI=1S/C15H20N2O/c1-15(2)12(8-13(15)18)17-9-11-5-3-4-10-6-7-16-14(10)11/h3-7,12-13,16-18H,8-9H2,1-2H3. The first kappa shape index (κ1) is 11.8. The number of nitrogens with one attached hydrogen (secondary N) is 2. The third-order valence-electron chi connectivity index (χ3n) is 4.43. The lowest BCUT2D eigenvalue weighted by Crippen LogP contribution is -2.59. The molecule has 1 aromatic carbocycles. The summed E-state index contributed by atoms with van der Waals surface area (Å²) in [6.45, 7) is 5.08. The van der Waals surface area contributed by atoms with Crippen molar-refractivity contribution in [3.8, 4) is 0 Å². The van der Waals surface area contributed by atoms with E-state index in [0.717, 1.165) is 13.0 Å². The van der Waals surface area contributed by atoms with E-state index < -0.39 is 0 Å². The summed E-state index contributed by atoms with van der Waals surface area (Å²) < 4.78 is 0. The maximum absolute atomic E-state index is 9.74. The molecule has 2 aromatic rings. The van der Waals surface area contributed by atoms with Crippen LogP contribution in [0.1, 0.15) is 25.8 Å². The average Bonchev–Trinajstić information content (AvgIpc) is 2.83. The topological polar surface area (TPSA) is 48.0 Å². The summed E-state index contributed by atoms with van der Waals surface area (Å²) in [4.78, 5) is 3.29. The van der Waals surface area contributed by atoms with E-state index in [2.05, 4.69) is 48.4 Å². The van der Waals surface area contributed by atoms with Crippen molar-refractivity contribution in [2.75, 3.05) is 0 Å². The second-order valence-electron chi connectivity index (χ2n) is 5.87. The predicted molar refractivity (Wildman–Crippen MR) is 73.3 cm³/mol. The third-order valence-corrected chi connectivity index (χ3v) is 4.43. The molecule has 1 fully saturated rings. The van der Waals surface area contributed by atoms with Crippen LogP contribution in [0.2, 0.25) is 0 Å². The Labute approximate surface area is 107 Å². The fourth-order valence-electron chi connectivity index (χ4n) is 2.78. The number of fused-ring (bicyclic) bond motifs is 1. The Bertz CT molecular complexity index is 558. The van der Waals surface area contributed by atoms with E-state index in [1.807, 2.05) is 6.20 Å². The van der Waals surface area contributed by atoms with Gasteiger partial charge >= 0.3 is 0 Å². The van der Waals surface area contributed by atoms with Crippen molar-refractivity contribution in [3.63, 3.8) is 0 Å². The molecule has 2 unspecified atom stereocenters. The zero-order valence-corrected chi connectivity index (χ0v) is 10.9. The number of benzene rings is 1. The Morgan fingerprint density at radius 1 is 1.39 bits per heavy atom. The van der Waals surface area contributed by atoms with E-state index in [1.54, 1.807) is 0 Å². The van der Waals surface area contributed by atoms with Gasteiger partial charge in [0.15, 0.2) is 0 Å². The van der Waals surface area contributed by atoms with Gasteiger partial charge in [-0.25, -0.2) is 0 Å². The minimum Gasteiger partial charge on any atom is -0.392 e.